The number of rotatable bonds is 4. The predicted octanol–water partition coefficient (Wildman–Crippen LogP) is 3.59. The minimum Gasteiger partial charge on any atom is -0.336 e. The summed E-state index contributed by atoms with van der Waals surface area (Å²) in [6, 6.07) is 9.39. The zero-order valence-electron chi connectivity index (χ0n) is 15.0. The molecule has 1 aliphatic rings. The summed E-state index contributed by atoms with van der Waals surface area (Å²) in [4.78, 5) is 27.0. The van der Waals surface area contributed by atoms with Gasteiger partial charge in [-0.1, -0.05) is 26.0 Å². The summed E-state index contributed by atoms with van der Waals surface area (Å²) in [6.45, 7) is 7.24. The smallest absolute Gasteiger partial charge is 0.256 e. The van der Waals surface area contributed by atoms with Crippen LogP contribution in [0.3, 0.4) is 0 Å². The first-order valence-electron chi connectivity index (χ1n) is 8.55. The van der Waals surface area contributed by atoms with Crippen molar-refractivity contribution in [2.75, 3.05) is 31.5 Å². The molecule has 26 heavy (non-hydrogen) atoms. The zero-order valence-corrected chi connectivity index (χ0v) is 16.6. The van der Waals surface area contributed by atoms with Gasteiger partial charge in [0.05, 0.1) is 5.56 Å². The van der Waals surface area contributed by atoms with Gasteiger partial charge in [0.2, 0.25) is 0 Å². The Morgan fingerprint density at radius 3 is 2.38 bits per heavy atom. The van der Waals surface area contributed by atoms with E-state index in [0.717, 1.165) is 13.1 Å². The molecule has 0 aliphatic carbocycles. The monoisotopic (exact) mass is 393 g/mol. The number of benzene rings is 1. The summed E-state index contributed by atoms with van der Waals surface area (Å²) in [5, 5.41) is 8.58. The molecular formula is C19H24ClN3O2S. The molecule has 1 aromatic heterocycles. The summed E-state index contributed by atoms with van der Waals surface area (Å²) in [7, 11) is 0. The molecule has 5 nitrogen and oxygen atoms in total. The third-order valence-corrected chi connectivity index (χ3v) is 5.20. The van der Waals surface area contributed by atoms with E-state index in [-0.39, 0.29) is 24.2 Å². The number of hydrogen-bond acceptors (Lipinski definition) is 4. The van der Waals surface area contributed by atoms with Crippen LogP contribution in [0.5, 0.6) is 0 Å². The standard InChI is InChI=1S/C19H23N3O2S.ClH/c1-13(2)14-3-5-15(6-4-14)17(23)21-18-16(7-12-25-18)19(24)22-10-8-20-9-11-22;/h3-7,12-13,20H,8-11H2,1-2H3,(H,21,23);1H. The van der Waals surface area contributed by atoms with Crippen molar-refractivity contribution in [3.8, 4) is 0 Å². The second kappa shape index (κ2) is 9.16. The number of nitrogens with zero attached hydrogens (tertiary/aromatic N) is 1. The fraction of sp³-hybridized carbons (Fsp3) is 0.368. The number of amides is 2. The Morgan fingerprint density at radius 2 is 1.77 bits per heavy atom. The predicted molar refractivity (Wildman–Crippen MR) is 109 cm³/mol. The van der Waals surface area contributed by atoms with Crippen LogP contribution < -0.4 is 10.6 Å². The summed E-state index contributed by atoms with van der Waals surface area (Å²) < 4.78 is 0. The highest BCUT2D eigenvalue weighted by Gasteiger charge is 2.22. The average Bonchev–Trinajstić information content (AvgIpc) is 3.10. The van der Waals surface area contributed by atoms with Gasteiger partial charge >= 0.3 is 0 Å². The van der Waals surface area contributed by atoms with E-state index in [2.05, 4.69) is 24.5 Å². The first-order chi connectivity index (χ1) is 12.1. The van der Waals surface area contributed by atoms with Crippen molar-refractivity contribution < 1.29 is 9.59 Å². The van der Waals surface area contributed by atoms with Crippen LogP contribution in [0.4, 0.5) is 5.00 Å². The van der Waals surface area contributed by atoms with Gasteiger partial charge in [-0.25, -0.2) is 0 Å². The van der Waals surface area contributed by atoms with E-state index in [4.69, 9.17) is 0 Å². The van der Waals surface area contributed by atoms with Crippen LogP contribution in [0.25, 0.3) is 0 Å². The summed E-state index contributed by atoms with van der Waals surface area (Å²) >= 11 is 1.38. The number of anilines is 1. The fourth-order valence-electron chi connectivity index (χ4n) is 2.81. The number of carbonyl (C=O) groups is 2. The van der Waals surface area contributed by atoms with Gasteiger partial charge in [-0.2, -0.15) is 0 Å². The minimum atomic E-state index is -0.188. The molecule has 0 atom stereocenters. The Bertz CT molecular complexity index is 752. The second-order valence-electron chi connectivity index (χ2n) is 6.44. The third kappa shape index (κ3) is 4.63. The Morgan fingerprint density at radius 1 is 1.12 bits per heavy atom. The molecule has 2 aromatic rings. The molecule has 2 heterocycles. The van der Waals surface area contributed by atoms with Crippen molar-refractivity contribution in [3.05, 3.63) is 52.4 Å². The van der Waals surface area contributed by atoms with Gasteiger partial charge in [-0.05, 0) is 35.1 Å². The zero-order chi connectivity index (χ0) is 17.8. The van der Waals surface area contributed by atoms with Gasteiger partial charge < -0.3 is 15.5 Å². The minimum absolute atomic E-state index is 0. The first-order valence-corrected chi connectivity index (χ1v) is 9.43. The molecule has 1 fully saturated rings. The highest BCUT2D eigenvalue weighted by Crippen LogP contribution is 2.26. The molecule has 0 saturated carbocycles. The van der Waals surface area contributed by atoms with E-state index in [1.54, 1.807) is 6.07 Å². The molecule has 1 aliphatic heterocycles. The highest BCUT2D eigenvalue weighted by molar-refractivity contribution is 7.14. The maximum Gasteiger partial charge on any atom is 0.256 e. The summed E-state index contributed by atoms with van der Waals surface area (Å²) in [5.74, 6) is 0.220. The quantitative estimate of drug-likeness (QED) is 0.834. The number of thiophene rings is 1. The number of carbonyl (C=O) groups excluding carboxylic acids is 2. The number of hydrogen-bond donors (Lipinski definition) is 2. The van der Waals surface area contributed by atoms with Gasteiger partial charge in [-0.3, -0.25) is 9.59 Å². The van der Waals surface area contributed by atoms with Crippen LogP contribution in [-0.4, -0.2) is 42.9 Å². The molecule has 2 amide bonds. The van der Waals surface area contributed by atoms with Gasteiger partial charge in [0.1, 0.15) is 5.00 Å². The van der Waals surface area contributed by atoms with Gasteiger partial charge in [-0.15, -0.1) is 23.7 Å². The lowest BCUT2D eigenvalue weighted by Crippen LogP contribution is -2.46. The topological polar surface area (TPSA) is 61.4 Å². The van der Waals surface area contributed by atoms with E-state index in [1.807, 2.05) is 34.5 Å². The molecule has 1 aromatic carbocycles. The van der Waals surface area contributed by atoms with Crippen LogP contribution in [0.2, 0.25) is 0 Å². The first kappa shape index (κ1) is 20.4. The van der Waals surface area contributed by atoms with E-state index < -0.39 is 0 Å². The third-order valence-electron chi connectivity index (χ3n) is 4.37. The number of nitrogens with one attached hydrogen (secondary N) is 2. The van der Waals surface area contributed by atoms with Gasteiger partial charge in [0.15, 0.2) is 0 Å². The molecule has 3 rings (SSSR count). The molecule has 0 bridgehead atoms. The lowest BCUT2D eigenvalue weighted by atomic mass is 10.0. The van der Waals surface area contributed by atoms with Crippen LogP contribution >= 0.6 is 23.7 Å². The summed E-state index contributed by atoms with van der Waals surface area (Å²) in [5.41, 5.74) is 2.36. The van der Waals surface area contributed by atoms with Crippen LogP contribution in [0.15, 0.2) is 35.7 Å². The largest absolute Gasteiger partial charge is 0.336 e. The lowest BCUT2D eigenvalue weighted by molar-refractivity contribution is 0.0737. The number of piperazine rings is 1. The normalized spacial score (nSPS) is 14.0. The average molecular weight is 394 g/mol. The SMILES string of the molecule is CC(C)c1ccc(C(=O)Nc2sccc2C(=O)N2CCNCC2)cc1.Cl. The Kier molecular flexibility index (Phi) is 7.20. The van der Waals surface area contributed by atoms with Crippen molar-refractivity contribution in [2.24, 2.45) is 0 Å². The maximum absolute atomic E-state index is 12.7. The maximum atomic E-state index is 12.7. The molecule has 0 unspecified atom stereocenters. The number of halogens is 1. The molecular weight excluding hydrogens is 370 g/mol. The molecule has 140 valence electrons. The molecule has 7 heteroatoms. The van der Waals surface area contributed by atoms with Gasteiger partial charge in [0.25, 0.3) is 11.8 Å². The lowest BCUT2D eigenvalue weighted by Gasteiger charge is -2.27. The van der Waals surface area contributed by atoms with Crippen molar-refractivity contribution in [1.29, 1.82) is 0 Å². The van der Waals surface area contributed by atoms with Gasteiger partial charge in [0, 0.05) is 31.7 Å². The molecule has 0 radical (unpaired) electrons. The fourth-order valence-corrected chi connectivity index (χ4v) is 3.58. The van der Waals surface area contributed by atoms with Crippen LogP contribution in [0.1, 0.15) is 46.0 Å². The molecule has 1 saturated heterocycles. The van der Waals surface area contributed by atoms with E-state index in [1.165, 1.54) is 16.9 Å². The van der Waals surface area contributed by atoms with E-state index >= 15 is 0 Å². The Labute approximate surface area is 164 Å². The van der Waals surface area contributed by atoms with Crippen LogP contribution in [-0.2, 0) is 0 Å². The van der Waals surface area contributed by atoms with Crippen molar-refractivity contribution in [3.63, 3.8) is 0 Å². The Hall–Kier alpha value is -1.89. The van der Waals surface area contributed by atoms with Crippen molar-refractivity contribution in [2.45, 2.75) is 19.8 Å². The Balaban J connectivity index is 0.00000243. The summed E-state index contributed by atoms with van der Waals surface area (Å²) in [6.07, 6.45) is 0. The highest BCUT2D eigenvalue weighted by atomic mass is 35.5. The van der Waals surface area contributed by atoms with Crippen LogP contribution in [0, 0.1) is 0 Å². The van der Waals surface area contributed by atoms with E-state index in [0.29, 0.717) is 35.1 Å². The van der Waals surface area contributed by atoms with Crippen molar-refractivity contribution in [1.82, 2.24) is 10.2 Å². The molecule has 0 spiro atoms. The second-order valence-corrected chi connectivity index (χ2v) is 7.35. The molecule has 2 N–H and O–H groups in total. The van der Waals surface area contributed by atoms with E-state index in [9.17, 15) is 9.59 Å². The van der Waals surface area contributed by atoms with Crippen molar-refractivity contribution >= 4 is 40.6 Å².